The predicted molar refractivity (Wildman–Crippen MR) is 243 cm³/mol. The number of ether oxygens (including phenoxy) is 2. The molecule has 0 unspecified atom stereocenters. The number of halogens is 6. The van der Waals surface area contributed by atoms with Crippen LogP contribution in [0.5, 0.6) is 11.5 Å². The van der Waals surface area contributed by atoms with E-state index in [1.54, 1.807) is 48.4 Å². The van der Waals surface area contributed by atoms with Gasteiger partial charge in [-0.3, -0.25) is 28.5 Å². The minimum atomic E-state index is -3.09. The lowest BCUT2D eigenvalue weighted by molar-refractivity contribution is -0.130. The topological polar surface area (TPSA) is 213 Å². The molecule has 10 rings (SSSR count). The molecule has 360 valence electrons. The minimum absolute atomic E-state index is 0.114. The highest BCUT2D eigenvalue weighted by molar-refractivity contribution is 6.31. The molecule has 2 aliphatic rings. The highest BCUT2D eigenvalue weighted by Crippen LogP contribution is 2.40. The van der Waals surface area contributed by atoms with E-state index in [-0.39, 0.29) is 78.4 Å². The average Bonchev–Trinajstić information content (AvgIpc) is 4.21. The van der Waals surface area contributed by atoms with Gasteiger partial charge in [0.05, 0.1) is 36.2 Å². The molecule has 0 spiro atoms. The van der Waals surface area contributed by atoms with E-state index in [2.05, 4.69) is 50.5 Å². The van der Waals surface area contributed by atoms with Crippen LogP contribution >= 0.6 is 23.2 Å². The van der Waals surface area contributed by atoms with Crippen molar-refractivity contribution in [2.75, 3.05) is 37.8 Å². The molecule has 2 aliphatic heterocycles. The summed E-state index contributed by atoms with van der Waals surface area (Å²) in [4.78, 5) is 63.0. The number of hydrogen-bond donors (Lipinski definition) is 2. The molecule has 2 N–H and O–H groups in total. The van der Waals surface area contributed by atoms with Gasteiger partial charge in [0, 0.05) is 73.1 Å². The summed E-state index contributed by atoms with van der Waals surface area (Å²) in [6.45, 7) is -5.12. The van der Waals surface area contributed by atoms with Gasteiger partial charge in [0.25, 0.3) is 11.8 Å². The minimum Gasteiger partial charge on any atom is -0.434 e. The van der Waals surface area contributed by atoms with Gasteiger partial charge in [-0.1, -0.05) is 23.2 Å². The van der Waals surface area contributed by atoms with E-state index in [4.69, 9.17) is 23.2 Å². The van der Waals surface area contributed by atoms with Crippen LogP contribution < -0.4 is 20.1 Å². The summed E-state index contributed by atoms with van der Waals surface area (Å²) in [7, 11) is 3.36. The number of carbonyl (C=O) groups excluding carboxylic acids is 4. The number of rotatable bonds is 12. The lowest BCUT2D eigenvalue weighted by atomic mass is 10.1. The molecule has 20 nitrogen and oxygen atoms in total. The van der Waals surface area contributed by atoms with Gasteiger partial charge in [-0.15, -0.1) is 0 Å². The van der Waals surface area contributed by atoms with Gasteiger partial charge in [-0.05, 0) is 61.4 Å². The molecular weight excluding hydrogens is 967 g/mol. The number of likely N-dealkylation sites (N-methyl/N-ethyl adjacent to an activating group) is 2. The molecule has 0 saturated carbocycles. The van der Waals surface area contributed by atoms with E-state index in [9.17, 15) is 36.7 Å². The van der Waals surface area contributed by atoms with E-state index in [1.807, 2.05) is 0 Å². The quantitative estimate of drug-likeness (QED) is 0.118. The Labute approximate surface area is 402 Å². The van der Waals surface area contributed by atoms with Crippen LogP contribution in [0.4, 0.5) is 28.9 Å². The van der Waals surface area contributed by atoms with Crippen molar-refractivity contribution in [2.45, 2.75) is 38.1 Å². The van der Waals surface area contributed by atoms with Gasteiger partial charge in [-0.2, -0.15) is 38.0 Å². The van der Waals surface area contributed by atoms with Crippen molar-refractivity contribution < 1.29 is 46.2 Å². The zero-order valence-corrected chi connectivity index (χ0v) is 38.0. The van der Waals surface area contributed by atoms with Crippen molar-refractivity contribution in [1.29, 1.82) is 0 Å². The second kappa shape index (κ2) is 19.5. The molecule has 0 aliphatic carbocycles. The fraction of sp³-hybridized carbons (Fsp3) is 0.227. The van der Waals surface area contributed by atoms with Gasteiger partial charge in [-0.25, -0.2) is 19.0 Å². The van der Waals surface area contributed by atoms with Gasteiger partial charge in [0.2, 0.25) is 11.8 Å². The first-order valence-corrected chi connectivity index (χ1v) is 21.8. The van der Waals surface area contributed by atoms with Crippen molar-refractivity contribution in [3.05, 3.63) is 119 Å². The van der Waals surface area contributed by atoms with Crippen molar-refractivity contribution in [3.63, 3.8) is 0 Å². The molecule has 6 aromatic heterocycles. The Morgan fingerprint density at radius 3 is 1.46 bits per heavy atom. The largest absolute Gasteiger partial charge is 0.434 e. The molecule has 4 amide bonds. The molecule has 0 bridgehead atoms. The summed E-state index contributed by atoms with van der Waals surface area (Å²) in [5.41, 5.74) is 1.88. The second-order valence-corrected chi connectivity index (χ2v) is 16.6. The molecule has 8 aromatic rings. The van der Waals surface area contributed by atoms with Crippen LogP contribution in [0.2, 0.25) is 10.0 Å². The van der Waals surface area contributed by atoms with E-state index >= 15 is 0 Å². The number of nitrogens with zero attached hydrogens (tertiary/aromatic N) is 12. The SMILES string of the molecule is CN1CC[C@@H](n2cc(NC(=O)c3cnn4cccnc34)c(-c3cc(Cl)ccc3OC(F)F)n2)C1=O.CN1CC[C@H](n2cc(NC(=O)c3cnn4cccnc34)c(-c3cc(Cl)ccc3OC(F)F)n2)C1=O. The Kier molecular flexibility index (Phi) is 13.1. The van der Waals surface area contributed by atoms with E-state index < -0.39 is 37.1 Å². The zero-order chi connectivity index (χ0) is 49.4. The molecule has 0 radical (unpaired) electrons. The molecular formula is C44H36Cl2F4N14O6. The summed E-state index contributed by atoms with van der Waals surface area (Å²) in [5.74, 6) is -1.77. The highest BCUT2D eigenvalue weighted by Gasteiger charge is 2.35. The summed E-state index contributed by atoms with van der Waals surface area (Å²) in [5, 5.41) is 23.2. The third-order valence-electron chi connectivity index (χ3n) is 11.3. The van der Waals surface area contributed by atoms with E-state index in [0.717, 1.165) is 0 Å². The summed E-state index contributed by atoms with van der Waals surface area (Å²) in [6.07, 6.45) is 13.0. The van der Waals surface area contributed by atoms with Crippen molar-refractivity contribution >= 4 is 69.5 Å². The number of amides is 4. The lowest BCUT2D eigenvalue weighted by Crippen LogP contribution is -2.24. The Balaban J connectivity index is 0.000000174. The maximum Gasteiger partial charge on any atom is 0.387 e. The smallest absolute Gasteiger partial charge is 0.387 e. The second-order valence-electron chi connectivity index (χ2n) is 15.7. The Morgan fingerprint density at radius 1 is 0.671 bits per heavy atom. The monoisotopic (exact) mass is 1000 g/mol. The summed E-state index contributed by atoms with van der Waals surface area (Å²) >= 11 is 12.3. The van der Waals surface area contributed by atoms with Crippen molar-refractivity contribution in [1.82, 2.24) is 58.6 Å². The van der Waals surface area contributed by atoms with Gasteiger partial charge < -0.3 is 29.9 Å². The summed E-state index contributed by atoms with van der Waals surface area (Å²) < 4.78 is 67.4. The number of alkyl halides is 4. The van der Waals surface area contributed by atoms with Crippen molar-refractivity contribution in [2.24, 2.45) is 0 Å². The molecule has 2 aromatic carbocycles. The molecule has 2 saturated heterocycles. The van der Waals surface area contributed by atoms with E-state index in [0.29, 0.717) is 37.2 Å². The normalized spacial score (nSPS) is 15.9. The van der Waals surface area contributed by atoms with Gasteiger partial charge in [0.1, 0.15) is 46.1 Å². The number of anilines is 2. The van der Waals surface area contributed by atoms with Gasteiger partial charge >= 0.3 is 13.2 Å². The van der Waals surface area contributed by atoms with Crippen LogP contribution in [-0.4, -0.2) is 123 Å². The third-order valence-corrected chi connectivity index (χ3v) is 11.7. The summed E-state index contributed by atoms with van der Waals surface area (Å²) in [6, 6.07) is 10.3. The van der Waals surface area contributed by atoms with Crippen LogP contribution in [-0.2, 0) is 9.59 Å². The lowest BCUT2D eigenvalue weighted by Gasteiger charge is -2.12. The zero-order valence-electron chi connectivity index (χ0n) is 36.5. The number of nitrogens with one attached hydrogen (secondary N) is 2. The first-order valence-electron chi connectivity index (χ1n) is 21.0. The number of aromatic nitrogens is 10. The van der Waals surface area contributed by atoms with Crippen LogP contribution in [0.3, 0.4) is 0 Å². The van der Waals surface area contributed by atoms with Crippen LogP contribution in [0.25, 0.3) is 33.8 Å². The number of fused-ring (bicyclic) bond motifs is 2. The Hall–Kier alpha value is -8.12. The number of benzene rings is 2. The maximum absolute atomic E-state index is 13.2. The molecule has 8 heterocycles. The fourth-order valence-corrected chi connectivity index (χ4v) is 8.25. The predicted octanol–water partition coefficient (Wildman–Crippen LogP) is 7.01. The number of carbonyl (C=O) groups is 4. The maximum atomic E-state index is 13.2. The van der Waals surface area contributed by atoms with Gasteiger partial charge in [0.15, 0.2) is 11.3 Å². The van der Waals surface area contributed by atoms with Crippen LogP contribution in [0, 0.1) is 0 Å². The molecule has 2 fully saturated rings. The van der Waals surface area contributed by atoms with Crippen molar-refractivity contribution in [3.8, 4) is 34.0 Å². The standard InChI is InChI=1S/2C22H18ClF2N7O3/c2*1-30-8-5-16(21(30)34)32-11-15(28-20(33)14-10-27-31-7-2-6-26-19(14)31)18(29-32)13-9-12(23)3-4-17(13)35-22(24)25/h2*2-4,6-7,9-11,16,22H,5,8H2,1H3,(H,28,33)/t2*16-/m10/s1. The Morgan fingerprint density at radius 2 is 1.09 bits per heavy atom. The van der Waals surface area contributed by atoms with E-state index in [1.165, 1.54) is 92.0 Å². The number of hydrogen-bond acceptors (Lipinski definition) is 12. The third kappa shape index (κ3) is 9.49. The molecule has 70 heavy (non-hydrogen) atoms. The highest BCUT2D eigenvalue weighted by atomic mass is 35.5. The molecule has 2 atom stereocenters. The number of likely N-dealkylation sites (tertiary alicyclic amines) is 2. The fourth-order valence-electron chi connectivity index (χ4n) is 7.91. The first-order chi connectivity index (χ1) is 33.6. The molecule has 26 heteroatoms. The average molecular weight is 1000 g/mol. The van der Waals surface area contributed by atoms with Crippen LogP contribution in [0.15, 0.2) is 98.1 Å². The van der Waals surface area contributed by atoms with Crippen LogP contribution in [0.1, 0.15) is 45.6 Å². The Bertz CT molecular complexity index is 3090. The first kappa shape index (κ1) is 47.0.